The minimum Gasteiger partial charge on any atom is -0.370 e. The molecule has 2 saturated heterocycles. The van der Waals surface area contributed by atoms with Gasteiger partial charge in [-0.1, -0.05) is 37.3 Å². The molecule has 2 heterocycles. The van der Waals surface area contributed by atoms with E-state index in [9.17, 15) is 4.79 Å². The van der Waals surface area contributed by atoms with Crippen molar-refractivity contribution in [3.05, 3.63) is 35.9 Å². The van der Waals surface area contributed by atoms with E-state index in [0.717, 1.165) is 57.4 Å². The summed E-state index contributed by atoms with van der Waals surface area (Å²) in [6.45, 7) is 7.30. The summed E-state index contributed by atoms with van der Waals surface area (Å²) in [6, 6.07) is 11.1. The van der Waals surface area contributed by atoms with Crippen molar-refractivity contribution in [3.8, 4) is 0 Å². The lowest BCUT2D eigenvalue weighted by molar-refractivity contribution is -0.119. The Hall–Kier alpha value is -2.08. The van der Waals surface area contributed by atoms with Crippen LogP contribution in [0.2, 0.25) is 0 Å². The highest BCUT2D eigenvalue weighted by Gasteiger charge is 2.27. The Labute approximate surface area is 175 Å². The van der Waals surface area contributed by atoms with Gasteiger partial charge in [-0.25, -0.2) is 0 Å². The second-order valence-corrected chi connectivity index (χ2v) is 8.70. The lowest BCUT2D eigenvalue weighted by Crippen LogP contribution is -2.49. The first-order valence-corrected chi connectivity index (χ1v) is 11.1. The van der Waals surface area contributed by atoms with Crippen molar-refractivity contribution in [2.75, 3.05) is 39.8 Å². The zero-order chi connectivity index (χ0) is 20.6. The smallest absolute Gasteiger partial charge is 0.217 e. The number of likely N-dealkylation sites (tertiary alicyclic amines) is 2. The van der Waals surface area contributed by atoms with E-state index in [1.54, 1.807) is 0 Å². The molecule has 0 aromatic heterocycles. The maximum absolute atomic E-state index is 11.3. The van der Waals surface area contributed by atoms with E-state index in [4.69, 9.17) is 5.73 Å². The van der Waals surface area contributed by atoms with Crippen LogP contribution < -0.4 is 11.1 Å². The predicted octanol–water partition coefficient (Wildman–Crippen LogP) is 2.62. The van der Waals surface area contributed by atoms with Crippen molar-refractivity contribution in [2.24, 2.45) is 22.6 Å². The number of nitrogens with zero attached hydrogens (tertiary/aromatic N) is 3. The topological polar surface area (TPSA) is 74.0 Å². The molecule has 0 spiro atoms. The molecule has 0 radical (unpaired) electrons. The Balaban J connectivity index is 1.65. The van der Waals surface area contributed by atoms with Crippen LogP contribution in [-0.4, -0.2) is 61.4 Å². The summed E-state index contributed by atoms with van der Waals surface area (Å²) < 4.78 is 0. The quantitative estimate of drug-likeness (QED) is 0.570. The van der Waals surface area contributed by atoms with Gasteiger partial charge in [0, 0.05) is 33.1 Å². The van der Waals surface area contributed by atoms with E-state index in [2.05, 4.69) is 57.4 Å². The van der Waals surface area contributed by atoms with Crippen LogP contribution in [0.15, 0.2) is 35.3 Å². The molecule has 3 rings (SSSR count). The standard InChI is InChI=1S/C23H37N5O/c1-18-10-13-27(14-11-18)21(20-8-4-3-5-9-20)16-26-23(25-2)28-12-6-7-19(17-28)15-22(24)29/h3-5,8-9,18-19,21H,6-7,10-17H2,1-2H3,(H2,24,29)(H,25,26). The van der Waals surface area contributed by atoms with Crippen LogP contribution >= 0.6 is 0 Å². The average molecular weight is 400 g/mol. The number of piperidine rings is 2. The van der Waals surface area contributed by atoms with Gasteiger partial charge in [-0.15, -0.1) is 0 Å². The normalized spacial score (nSPS) is 23.0. The molecule has 1 aromatic carbocycles. The fourth-order valence-corrected chi connectivity index (χ4v) is 4.70. The number of rotatable bonds is 6. The molecule has 0 saturated carbocycles. The van der Waals surface area contributed by atoms with Crippen LogP contribution in [0.25, 0.3) is 0 Å². The molecule has 160 valence electrons. The van der Waals surface area contributed by atoms with Crippen LogP contribution in [0.3, 0.4) is 0 Å². The largest absolute Gasteiger partial charge is 0.370 e. The maximum atomic E-state index is 11.3. The van der Waals surface area contributed by atoms with Crippen molar-refractivity contribution < 1.29 is 4.79 Å². The first kappa shape index (κ1) is 21.6. The molecular formula is C23H37N5O. The van der Waals surface area contributed by atoms with Crippen molar-refractivity contribution in [3.63, 3.8) is 0 Å². The molecule has 2 atom stereocenters. The van der Waals surface area contributed by atoms with Crippen LogP contribution in [0.5, 0.6) is 0 Å². The number of carbonyl (C=O) groups excluding carboxylic acids is 1. The molecule has 0 bridgehead atoms. The van der Waals surface area contributed by atoms with Gasteiger partial charge < -0.3 is 16.0 Å². The highest BCUT2D eigenvalue weighted by molar-refractivity contribution is 5.80. The molecule has 2 unspecified atom stereocenters. The van der Waals surface area contributed by atoms with Crippen molar-refractivity contribution in [2.45, 2.75) is 45.1 Å². The van der Waals surface area contributed by atoms with Crippen LogP contribution in [-0.2, 0) is 4.79 Å². The fourth-order valence-electron chi connectivity index (χ4n) is 4.70. The Morgan fingerprint density at radius 1 is 1.21 bits per heavy atom. The van der Waals surface area contributed by atoms with Gasteiger partial charge in [0.2, 0.25) is 5.91 Å². The molecule has 1 amide bonds. The van der Waals surface area contributed by atoms with Crippen molar-refractivity contribution in [1.29, 1.82) is 0 Å². The average Bonchev–Trinajstić information content (AvgIpc) is 2.73. The number of nitrogens with two attached hydrogens (primary N) is 1. The third-order valence-corrected chi connectivity index (χ3v) is 6.42. The van der Waals surface area contributed by atoms with Gasteiger partial charge in [0.05, 0.1) is 6.04 Å². The zero-order valence-electron chi connectivity index (χ0n) is 18.0. The lowest BCUT2D eigenvalue weighted by atomic mass is 9.94. The first-order valence-electron chi connectivity index (χ1n) is 11.1. The molecule has 6 nitrogen and oxygen atoms in total. The minimum absolute atomic E-state index is 0.205. The molecular weight excluding hydrogens is 362 g/mol. The summed E-state index contributed by atoms with van der Waals surface area (Å²) >= 11 is 0. The lowest BCUT2D eigenvalue weighted by Gasteiger charge is -2.39. The van der Waals surface area contributed by atoms with Gasteiger partial charge in [0.15, 0.2) is 5.96 Å². The third-order valence-electron chi connectivity index (χ3n) is 6.42. The summed E-state index contributed by atoms with van der Waals surface area (Å²) in [5, 5.41) is 3.64. The highest BCUT2D eigenvalue weighted by Crippen LogP contribution is 2.26. The van der Waals surface area contributed by atoms with Gasteiger partial charge in [-0.05, 0) is 56.2 Å². The van der Waals surface area contributed by atoms with Crippen LogP contribution in [0.1, 0.15) is 50.6 Å². The molecule has 6 heteroatoms. The van der Waals surface area contributed by atoms with E-state index < -0.39 is 0 Å². The van der Waals surface area contributed by atoms with E-state index in [1.807, 2.05) is 7.05 Å². The number of carbonyl (C=O) groups is 1. The highest BCUT2D eigenvalue weighted by atomic mass is 16.1. The molecule has 3 N–H and O–H groups in total. The van der Waals surface area contributed by atoms with E-state index in [0.29, 0.717) is 18.4 Å². The Morgan fingerprint density at radius 3 is 2.59 bits per heavy atom. The second kappa shape index (κ2) is 10.6. The Kier molecular flexibility index (Phi) is 7.92. The van der Waals surface area contributed by atoms with Crippen molar-refractivity contribution in [1.82, 2.24) is 15.1 Å². The van der Waals surface area contributed by atoms with E-state index in [-0.39, 0.29) is 5.91 Å². The summed E-state index contributed by atoms with van der Waals surface area (Å²) in [4.78, 5) is 20.8. The third kappa shape index (κ3) is 6.20. The SMILES string of the molecule is CN=C(NCC(c1ccccc1)N1CCC(C)CC1)N1CCCC(CC(N)=O)C1. The maximum Gasteiger partial charge on any atom is 0.217 e. The summed E-state index contributed by atoms with van der Waals surface area (Å²) in [5.41, 5.74) is 6.78. The molecule has 2 aliphatic heterocycles. The van der Waals surface area contributed by atoms with Crippen molar-refractivity contribution >= 4 is 11.9 Å². The molecule has 2 fully saturated rings. The monoisotopic (exact) mass is 399 g/mol. The number of nitrogens with one attached hydrogen (secondary N) is 1. The number of amides is 1. The molecule has 1 aromatic rings. The summed E-state index contributed by atoms with van der Waals surface area (Å²) in [6.07, 6.45) is 5.13. The number of hydrogen-bond acceptors (Lipinski definition) is 3. The molecule has 29 heavy (non-hydrogen) atoms. The number of benzene rings is 1. The number of hydrogen-bond donors (Lipinski definition) is 2. The number of guanidine groups is 1. The summed E-state index contributed by atoms with van der Waals surface area (Å²) in [7, 11) is 1.85. The Morgan fingerprint density at radius 2 is 1.93 bits per heavy atom. The van der Waals surface area contributed by atoms with Crippen LogP contribution in [0, 0.1) is 11.8 Å². The predicted molar refractivity (Wildman–Crippen MR) is 119 cm³/mol. The number of primary amides is 1. The Bertz CT molecular complexity index is 669. The number of aliphatic imine (C=N–C) groups is 1. The van der Waals surface area contributed by atoms with Gasteiger partial charge in [0.25, 0.3) is 0 Å². The second-order valence-electron chi connectivity index (χ2n) is 8.70. The van der Waals surface area contributed by atoms with Gasteiger partial charge >= 0.3 is 0 Å². The molecule has 0 aliphatic carbocycles. The van der Waals surface area contributed by atoms with Gasteiger partial charge in [-0.2, -0.15) is 0 Å². The molecule has 2 aliphatic rings. The fraction of sp³-hybridized carbons (Fsp3) is 0.652. The van der Waals surface area contributed by atoms with Crippen LogP contribution in [0.4, 0.5) is 0 Å². The van der Waals surface area contributed by atoms with Gasteiger partial charge in [-0.3, -0.25) is 14.7 Å². The van der Waals surface area contributed by atoms with E-state index in [1.165, 1.54) is 18.4 Å². The van der Waals surface area contributed by atoms with Gasteiger partial charge in [0.1, 0.15) is 0 Å². The first-order chi connectivity index (χ1) is 14.1. The summed E-state index contributed by atoms with van der Waals surface area (Å²) in [5.74, 6) is 1.88. The zero-order valence-corrected chi connectivity index (χ0v) is 18.0. The minimum atomic E-state index is -0.205. The van der Waals surface area contributed by atoms with E-state index >= 15 is 0 Å².